The molecule has 0 saturated carbocycles. The molecule has 0 amide bonds. The molecule has 0 aliphatic rings. The number of fused-ring (bicyclic) bond motifs is 1. The predicted molar refractivity (Wildman–Crippen MR) is 52.9 cm³/mol. The van der Waals surface area contributed by atoms with E-state index in [-0.39, 0.29) is 0 Å². The Kier molecular flexibility index (Phi) is 1.44. The Labute approximate surface area is 80.6 Å². The van der Waals surface area contributed by atoms with Crippen molar-refractivity contribution in [1.82, 2.24) is 9.38 Å². The molecule has 0 unspecified atom stereocenters. The van der Waals surface area contributed by atoms with E-state index in [9.17, 15) is 0 Å². The molecule has 0 fully saturated rings. The summed E-state index contributed by atoms with van der Waals surface area (Å²) in [5.74, 6) is 0. The first-order chi connectivity index (χ1) is 6.93. The number of rotatable bonds is 1. The van der Waals surface area contributed by atoms with E-state index in [1.54, 1.807) is 18.7 Å². The molecule has 0 saturated heterocycles. The summed E-state index contributed by atoms with van der Waals surface area (Å²) in [4.78, 5) is 4.22. The van der Waals surface area contributed by atoms with Gasteiger partial charge in [0, 0.05) is 24.2 Å². The van der Waals surface area contributed by atoms with Crippen LogP contribution in [-0.4, -0.2) is 9.38 Å². The van der Waals surface area contributed by atoms with E-state index in [2.05, 4.69) is 4.98 Å². The van der Waals surface area contributed by atoms with Gasteiger partial charge in [0.2, 0.25) is 0 Å². The third-order valence-corrected chi connectivity index (χ3v) is 2.25. The summed E-state index contributed by atoms with van der Waals surface area (Å²) in [6, 6.07) is 6.01. The quantitative estimate of drug-likeness (QED) is 0.582. The lowest BCUT2D eigenvalue weighted by Crippen LogP contribution is -1.82. The van der Waals surface area contributed by atoms with Crippen LogP contribution in [0.15, 0.2) is 53.7 Å². The van der Waals surface area contributed by atoms with Crippen molar-refractivity contribution in [3.05, 3.63) is 49.3 Å². The Morgan fingerprint density at radius 2 is 2.14 bits per heavy atom. The maximum absolute atomic E-state index is 5.04. The van der Waals surface area contributed by atoms with Crippen LogP contribution in [0.25, 0.3) is 16.8 Å². The standard InChI is InChI=1S/C11H8N2O/c1-4-13-5-3-12-11(13)7-9(1)10-2-6-14-8-10/h1-8H. The molecule has 0 N–H and O–H groups in total. The van der Waals surface area contributed by atoms with Gasteiger partial charge >= 0.3 is 0 Å². The molecule has 3 heterocycles. The number of hydrogen-bond acceptors (Lipinski definition) is 2. The zero-order chi connectivity index (χ0) is 9.38. The van der Waals surface area contributed by atoms with Gasteiger partial charge in [-0.15, -0.1) is 0 Å². The maximum atomic E-state index is 5.04. The van der Waals surface area contributed by atoms with Crippen LogP contribution in [0, 0.1) is 0 Å². The lowest BCUT2D eigenvalue weighted by Gasteiger charge is -1.97. The highest BCUT2D eigenvalue weighted by Gasteiger charge is 2.00. The monoisotopic (exact) mass is 184 g/mol. The largest absolute Gasteiger partial charge is 0.472 e. The Bertz CT molecular complexity index is 551. The van der Waals surface area contributed by atoms with Crippen molar-refractivity contribution in [2.24, 2.45) is 0 Å². The number of imidazole rings is 1. The second-order valence-corrected chi connectivity index (χ2v) is 3.12. The van der Waals surface area contributed by atoms with Gasteiger partial charge < -0.3 is 8.82 Å². The number of nitrogens with zero attached hydrogens (tertiary/aromatic N) is 2. The molecule has 0 aliphatic carbocycles. The molecule has 0 radical (unpaired) electrons. The van der Waals surface area contributed by atoms with Gasteiger partial charge in [0.25, 0.3) is 0 Å². The Hall–Kier alpha value is -2.03. The first-order valence-electron chi connectivity index (χ1n) is 4.39. The van der Waals surface area contributed by atoms with Crippen LogP contribution < -0.4 is 0 Å². The van der Waals surface area contributed by atoms with Crippen LogP contribution >= 0.6 is 0 Å². The Morgan fingerprint density at radius 3 is 3.00 bits per heavy atom. The van der Waals surface area contributed by atoms with Gasteiger partial charge in [-0.25, -0.2) is 4.98 Å². The van der Waals surface area contributed by atoms with Crippen molar-refractivity contribution in [3.63, 3.8) is 0 Å². The van der Waals surface area contributed by atoms with Crippen LogP contribution in [-0.2, 0) is 0 Å². The van der Waals surface area contributed by atoms with Crippen LogP contribution in [0.4, 0.5) is 0 Å². The van der Waals surface area contributed by atoms with Crippen molar-refractivity contribution in [2.75, 3.05) is 0 Å². The van der Waals surface area contributed by atoms with E-state index < -0.39 is 0 Å². The first-order valence-corrected chi connectivity index (χ1v) is 4.39. The second-order valence-electron chi connectivity index (χ2n) is 3.12. The van der Waals surface area contributed by atoms with Crippen molar-refractivity contribution < 1.29 is 4.42 Å². The fraction of sp³-hybridized carbons (Fsp3) is 0. The third-order valence-electron chi connectivity index (χ3n) is 2.25. The van der Waals surface area contributed by atoms with Crippen LogP contribution in [0.2, 0.25) is 0 Å². The minimum atomic E-state index is 0.948. The molecule has 68 valence electrons. The highest BCUT2D eigenvalue weighted by molar-refractivity contribution is 5.66. The van der Waals surface area contributed by atoms with Crippen molar-refractivity contribution >= 4 is 5.65 Å². The topological polar surface area (TPSA) is 30.4 Å². The average Bonchev–Trinajstić information content (AvgIpc) is 2.88. The van der Waals surface area contributed by atoms with E-state index >= 15 is 0 Å². The lowest BCUT2D eigenvalue weighted by atomic mass is 10.1. The molecule has 0 aromatic carbocycles. The maximum Gasteiger partial charge on any atom is 0.137 e. The highest BCUT2D eigenvalue weighted by Crippen LogP contribution is 2.20. The molecule has 3 aromatic heterocycles. The summed E-state index contributed by atoms with van der Waals surface area (Å²) < 4.78 is 7.01. The summed E-state index contributed by atoms with van der Waals surface area (Å²) in [5, 5.41) is 0. The molecule has 14 heavy (non-hydrogen) atoms. The minimum Gasteiger partial charge on any atom is -0.472 e. The van der Waals surface area contributed by atoms with Crippen molar-refractivity contribution in [2.45, 2.75) is 0 Å². The second kappa shape index (κ2) is 2.73. The normalized spacial score (nSPS) is 10.9. The van der Waals surface area contributed by atoms with Gasteiger partial charge in [0.15, 0.2) is 0 Å². The van der Waals surface area contributed by atoms with Crippen molar-refractivity contribution in [3.8, 4) is 11.1 Å². The van der Waals surface area contributed by atoms with E-state index in [0.29, 0.717) is 0 Å². The fourth-order valence-electron chi connectivity index (χ4n) is 1.52. The summed E-state index contributed by atoms with van der Waals surface area (Å²) in [6.45, 7) is 0. The minimum absolute atomic E-state index is 0.948. The van der Waals surface area contributed by atoms with E-state index in [1.165, 1.54) is 0 Å². The van der Waals surface area contributed by atoms with Crippen LogP contribution in [0.3, 0.4) is 0 Å². The number of pyridine rings is 1. The fourth-order valence-corrected chi connectivity index (χ4v) is 1.52. The average molecular weight is 184 g/mol. The first kappa shape index (κ1) is 7.38. The molecular weight excluding hydrogens is 176 g/mol. The molecule has 3 nitrogen and oxygen atoms in total. The third kappa shape index (κ3) is 1.03. The zero-order valence-electron chi connectivity index (χ0n) is 7.42. The summed E-state index contributed by atoms with van der Waals surface area (Å²) >= 11 is 0. The zero-order valence-corrected chi connectivity index (χ0v) is 7.42. The van der Waals surface area contributed by atoms with Gasteiger partial charge in [-0.2, -0.15) is 0 Å². The van der Waals surface area contributed by atoms with Crippen molar-refractivity contribution in [1.29, 1.82) is 0 Å². The molecule has 0 atom stereocenters. The molecule has 0 spiro atoms. The number of aromatic nitrogens is 2. The van der Waals surface area contributed by atoms with Gasteiger partial charge in [0.1, 0.15) is 5.65 Å². The van der Waals surface area contributed by atoms with E-state index in [4.69, 9.17) is 4.42 Å². The lowest BCUT2D eigenvalue weighted by molar-refractivity contribution is 0.568. The molecule has 3 heteroatoms. The van der Waals surface area contributed by atoms with E-state index in [0.717, 1.165) is 16.8 Å². The molecule has 0 bridgehead atoms. The Morgan fingerprint density at radius 1 is 1.14 bits per heavy atom. The van der Waals surface area contributed by atoms with Crippen LogP contribution in [0.1, 0.15) is 0 Å². The van der Waals surface area contributed by atoms with Gasteiger partial charge in [-0.3, -0.25) is 0 Å². The molecule has 0 aliphatic heterocycles. The summed E-state index contributed by atoms with van der Waals surface area (Å²) in [6.07, 6.45) is 9.10. The van der Waals surface area contributed by atoms with Gasteiger partial charge in [-0.1, -0.05) is 0 Å². The Balaban J connectivity index is 2.23. The summed E-state index contributed by atoms with van der Waals surface area (Å²) in [7, 11) is 0. The number of hydrogen-bond donors (Lipinski definition) is 0. The number of furan rings is 1. The SMILES string of the molecule is c1cn2ccc(-c3ccoc3)cc2n1. The van der Waals surface area contributed by atoms with Gasteiger partial charge in [0.05, 0.1) is 12.5 Å². The molecule has 3 rings (SSSR count). The van der Waals surface area contributed by atoms with Crippen LogP contribution in [0.5, 0.6) is 0 Å². The van der Waals surface area contributed by atoms with Gasteiger partial charge in [-0.05, 0) is 23.8 Å². The smallest absolute Gasteiger partial charge is 0.137 e. The summed E-state index contributed by atoms with van der Waals surface area (Å²) in [5.41, 5.74) is 3.15. The highest BCUT2D eigenvalue weighted by atomic mass is 16.3. The predicted octanol–water partition coefficient (Wildman–Crippen LogP) is 2.59. The molecular formula is C11H8N2O. The molecule has 3 aromatic rings. The van der Waals surface area contributed by atoms with E-state index in [1.807, 2.05) is 35.0 Å².